The molecular weight excluding hydrogens is 224 g/mol. The summed E-state index contributed by atoms with van der Waals surface area (Å²) in [7, 11) is -0.782. The Morgan fingerprint density at radius 3 is 2.21 bits per heavy atom. The van der Waals surface area contributed by atoms with E-state index in [1.54, 1.807) is 6.92 Å². The highest BCUT2D eigenvalue weighted by molar-refractivity contribution is 7.91. The number of aromatic hydroxyl groups is 1. The largest absolute Gasteiger partial charge is 0.504 e. The van der Waals surface area contributed by atoms with Gasteiger partial charge < -0.3 is 10.8 Å². The number of nitrogens with two attached hydrogens (primary N) is 1. The molecule has 3 N–H and O–H groups in total. The number of hydrogen-bond acceptors (Lipinski definition) is 5. The molecule has 0 aliphatic carbocycles. The summed E-state index contributed by atoms with van der Waals surface area (Å²) in [5.74, 6) is -0.346. The van der Waals surface area contributed by atoms with Gasteiger partial charge in [-0.25, -0.2) is 12.7 Å². The third-order valence-corrected chi connectivity index (χ3v) is 5.20. The van der Waals surface area contributed by atoms with Gasteiger partial charge in [-0.3, -0.25) is 0 Å². The molecule has 0 saturated carbocycles. The maximum Gasteiger partial charge on any atom is 0.255 e. The third-order valence-electron chi connectivity index (χ3n) is 1.79. The summed E-state index contributed by atoms with van der Waals surface area (Å²) >= 11 is 0.972. The third kappa shape index (κ3) is 1.58. The fourth-order valence-corrected chi connectivity index (χ4v) is 3.48. The number of aryl methyl sites for hydroxylation is 1. The molecule has 0 atom stereocenters. The minimum Gasteiger partial charge on any atom is -0.504 e. The van der Waals surface area contributed by atoms with Gasteiger partial charge in [0.25, 0.3) is 10.0 Å². The van der Waals surface area contributed by atoms with Gasteiger partial charge in [0.05, 0.1) is 5.69 Å². The monoisotopic (exact) mass is 236 g/mol. The molecule has 0 bridgehead atoms. The quantitative estimate of drug-likeness (QED) is 0.787. The summed E-state index contributed by atoms with van der Waals surface area (Å²) < 4.78 is 24.2. The van der Waals surface area contributed by atoms with E-state index in [0.29, 0.717) is 4.88 Å². The maximum absolute atomic E-state index is 11.6. The molecule has 0 saturated heterocycles. The van der Waals surface area contributed by atoms with Crippen LogP contribution >= 0.6 is 11.3 Å². The topological polar surface area (TPSA) is 83.6 Å². The highest BCUT2D eigenvalue weighted by atomic mass is 32.2. The first-order valence-electron chi connectivity index (χ1n) is 3.78. The predicted molar refractivity (Wildman–Crippen MR) is 56.0 cm³/mol. The van der Waals surface area contributed by atoms with Gasteiger partial charge in [0, 0.05) is 19.0 Å². The van der Waals surface area contributed by atoms with E-state index in [1.165, 1.54) is 14.1 Å². The van der Waals surface area contributed by atoms with Crippen molar-refractivity contribution in [3.8, 4) is 5.75 Å². The first-order valence-corrected chi connectivity index (χ1v) is 6.04. The van der Waals surface area contributed by atoms with Crippen LogP contribution in [0.3, 0.4) is 0 Å². The van der Waals surface area contributed by atoms with E-state index in [4.69, 9.17) is 5.73 Å². The first-order chi connectivity index (χ1) is 6.28. The predicted octanol–water partition coefficient (Wildman–Crippen LogP) is 0.595. The molecule has 1 aromatic heterocycles. The summed E-state index contributed by atoms with van der Waals surface area (Å²) in [6.45, 7) is 1.66. The van der Waals surface area contributed by atoms with Crippen LogP contribution in [0.1, 0.15) is 4.88 Å². The Balaban J connectivity index is 3.42. The molecule has 5 nitrogen and oxygen atoms in total. The second-order valence-corrected chi connectivity index (χ2v) is 6.57. The molecule has 0 spiro atoms. The van der Waals surface area contributed by atoms with Gasteiger partial charge in [-0.1, -0.05) is 0 Å². The van der Waals surface area contributed by atoms with Crippen LogP contribution in [0.5, 0.6) is 5.75 Å². The molecule has 0 radical (unpaired) electrons. The fraction of sp³-hybridized carbons (Fsp3) is 0.429. The maximum atomic E-state index is 11.6. The van der Waals surface area contributed by atoms with Crippen molar-refractivity contribution in [2.75, 3.05) is 19.8 Å². The number of nitrogen functional groups attached to an aromatic ring is 1. The van der Waals surface area contributed by atoms with E-state index in [-0.39, 0.29) is 15.6 Å². The lowest BCUT2D eigenvalue weighted by Gasteiger charge is -2.09. The van der Waals surface area contributed by atoms with E-state index in [2.05, 4.69) is 0 Å². The molecule has 0 unspecified atom stereocenters. The van der Waals surface area contributed by atoms with Crippen molar-refractivity contribution in [2.45, 2.75) is 11.1 Å². The van der Waals surface area contributed by atoms with Crippen LogP contribution in [0.2, 0.25) is 0 Å². The minimum atomic E-state index is -3.59. The fourth-order valence-electron chi connectivity index (χ4n) is 0.860. The van der Waals surface area contributed by atoms with Crippen molar-refractivity contribution < 1.29 is 13.5 Å². The molecule has 1 rings (SSSR count). The Kier molecular flexibility index (Phi) is 2.75. The van der Waals surface area contributed by atoms with E-state index in [1.807, 2.05) is 0 Å². The molecule has 0 aromatic carbocycles. The van der Waals surface area contributed by atoms with E-state index >= 15 is 0 Å². The SMILES string of the molecule is Cc1sc(S(=O)(=O)N(C)C)c(O)c1N. The Hall–Kier alpha value is -0.790. The van der Waals surface area contributed by atoms with E-state index in [0.717, 1.165) is 15.6 Å². The van der Waals surface area contributed by atoms with Crippen LogP contribution in [0.15, 0.2) is 4.21 Å². The number of anilines is 1. The molecule has 14 heavy (non-hydrogen) atoms. The van der Waals surface area contributed by atoms with Gasteiger partial charge in [0.1, 0.15) is 0 Å². The smallest absolute Gasteiger partial charge is 0.255 e. The molecule has 0 fully saturated rings. The Morgan fingerprint density at radius 1 is 1.43 bits per heavy atom. The van der Waals surface area contributed by atoms with Crippen molar-refractivity contribution in [3.05, 3.63) is 4.88 Å². The first kappa shape index (κ1) is 11.3. The summed E-state index contributed by atoms with van der Waals surface area (Å²) in [4.78, 5) is 0.600. The van der Waals surface area contributed by atoms with Gasteiger partial charge in [0.15, 0.2) is 9.96 Å². The lowest BCUT2D eigenvalue weighted by molar-refractivity contribution is 0.460. The summed E-state index contributed by atoms with van der Waals surface area (Å²) in [6.07, 6.45) is 0. The average molecular weight is 236 g/mol. The zero-order valence-corrected chi connectivity index (χ0v) is 9.74. The average Bonchev–Trinajstić information content (AvgIpc) is 2.33. The van der Waals surface area contributed by atoms with Crippen LogP contribution in [0.25, 0.3) is 0 Å². The molecule has 0 amide bonds. The van der Waals surface area contributed by atoms with Crippen molar-refractivity contribution in [2.24, 2.45) is 0 Å². The second-order valence-electron chi connectivity index (χ2n) is 3.00. The molecular formula is C7H12N2O3S2. The molecule has 80 valence electrons. The number of sulfonamides is 1. The Labute approximate surface area is 86.8 Å². The van der Waals surface area contributed by atoms with Crippen LogP contribution in [0.4, 0.5) is 5.69 Å². The Bertz CT molecular complexity index is 448. The normalized spacial score (nSPS) is 12.3. The molecule has 0 aliphatic rings. The molecule has 7 heteroatoms. The van der Waals surface area contributed by atoms with Crippen molar-refractivity contribution in [1.82, 2.24) is 4.31 Å². The van der Waals surface area contributed by atoms with Gasteiger partial charge in [-0.15, -0.1) is 11.3 Å². The summed E-state index contributed by atoms with van der Waals surface area (Å²) in [5.41, 5.74) is 5.61. The highest BCUT2D eigenvalue weighted by Gasteiger charge is 2.26. The summed E-state index contributed by atoms with van der Waals surface area (Å²) in [5, 5.41) is 9.48. The molecule has 1 heterocycles. The molecule has 1 aromatic rings. The van der Waals surface area contributed by atoms with Crippen molar-refractivity contribution in [3.63, 3.8) is 0 Å². The van der Waals surface area contributed by atoms with Crippen molar-refractivity contribution in [1.29, 1.82) is 0 Å². The highest BCUT2D eigenvalue weighted by Crippen LogP contribution is 2.40. The van der Waals surface area contributed by atoms with Crippen LogP contribution in [0, 0.1) is 6.92 Å². The van der Waals surface area contributed by atoms with Crippen LogP contribution in [-0.2, 0) is 10.0 Å². The van der Waals surface area contributed by atoms with Crippen LogP contribution in [-0.4, -0.2) is 31.9 Å². The zero-order valence-electron chi connectivity index (χ0n) is 8.10. The lowest BCUT2D eigenvalue weighted by Crippen LogP contribution is -2.21. The van der Waals surface area contributed by atoms with Crippen molar-refractivity contribution >= 4 is 27.0 Å². The number of hydrogen-bond donors (Lipinski definition) is 2. The van der Waals surface area contributed by atoms with Gasteiger partial charge in [0.2, 0.25) is 0 Å². The zero-order chi connectivity index (χ0) is 11.1. The molecule has 0 aliphatic heterocycles. The van der Waals surface area contributed by atoms with E-state index in [9.17, 15) is 13.5 Å². The van der Waals surface area contributed by atoms with Crippen LogP contribution < -0.4 is 5.73 Å². The standard InChI is InChI=1S/C7H12N2O3S2/c1-4-5(8)6(10)7(13-4)14(11,12)9(2)3/h10H,8H2,1-3H3. The lowest BCUT2D eigenvalue weighted by atomic mass is 10.4. The van der Waals surface area contributed by atoms with Gasteiger partial charge in [-0.05, 0) is 6.92 Å². The van der Waals surface area contributed by atoms with Gasteiger partial charge >= 0.3 is 0 Å². The number of nitrogens with zero attached hydrogens (tertiary/aromatic N) is 1. The van der Waals surface area contributed by atoms with E-state index < -0.39 is 10.0 Å². The summed E-state index contributed by atoms with van der Waals surface area (Å²) in [6, 6.07) is 0. The van der Waals surface area contributed by atoms with Gasteiger partial charge in [-0.2, -0.15) is 0 Å². The number of thiophene rings is 1. The Morgan fingerprint density at radius 2 is 1.93 bits per heavy atom. The second kappa shape index (κ2) is 3.41. The number of rotatable bonds is 2. The minimum absolute atomic E-state index is 0.0995.